The average molecular weight is 383 g/mol. The highest BCUT2D eigenvalue weighted by molar-refractivity contribution is 5.79. The van der Waals surface area contributed by atoms with Crippen LogP contribution in [0.25, 0.3) is 0 Å². The monoisotopic (exact) mass is 382 g/mol. The Kier molecular flexibility index (Phi) is 6.93. The summed E-state index contributed by atoms with van der Waals surface area (Å²) in [5.41, 5.74) is 3.24. The van der Waals surface area contributed by atoms with Crippen LogP contribution in [0.4, 0.5) is 5.69 Å². The van der Waals surface area contributed by atoms with Gasteiger partial charge < -0.3 is 19.3 Å². The minimum atomic E-state index is 0.112. The van der Waals surface area contributed by atoms with Crippen LogP contribution < -0.4 is 9.64 Å². The first-order chi connectivity index (χ1) is 13.5. The molecule has 28 heavy (non-hydrogen) atoms. The third-order valence-electron chi connectivity index (χ3n) is 5.12. The Bertz CT molecular complexity index is 768. The third-order valence-corrected chi connectivity index (χ3v) is 5.12. The van der Waals surface area contributed by atoms with Gasteiger partial charge in [-0.2, -0.15) is 0 Å². The SMILES string of the molecule is COc1cccc(CC(=O)N(Cc2ccc(N(C)C)cc2)C[C@@H]2CCCO2)c1. The van der Waals surface area contributed by atoms with Crippen molar-refractivity contribution in [2.45, 2.75) is 31.9 Å². The third kappa shape index (κ3) is 5.49. The van der Waals surface area contributed by atoms with Crippen molar-refractivity contribution < 1.29 is 14.3 Å². The molecule has 1 heterocycles. The number of nitrogens with zero attached hydrogens (tertiary/aromatic N) is 2. The second-order valence-electron chi connectivity index (χ2n) is 7.50. The second-order valence-corrected chi connectivity index (χ2v) is 7.50. The van der Waals surface area contributed by atoms with Crippen molar-refractivity contribution in [2.24, 2.45) is 0 Å². The number of hydrogen-bond donors (Lipinski definition) is 0. The smallest absolute Gasteiger partial charge is 0.227 e. The lowest BCUT2D eigenvalue weighted by atomic mass is 10.1. The van der Waals surface area contributed by atoms with Crippen LogP contribution in [-0.2, 0) is 22.5 Å². The van der Waals surface area contributed by atoms with E-state index in [-0.39, 0.29) is 12.0 Å². The van der Waals surface area contributed by atoms with E-state index in [1.807, 2.05) is 43.3 Å². The fourth-order valence-electron chi connectivity index (χ4n) is 3.48. The van der Waals surface area contributed by atoms with E-state index >= 15 is 0 Å². The zero-order valence-corrected chi connectivity index (χ0v) is 17.1. The van der Waals surface area contributed by atoms with E-state index in [1.54, 1.807) is 7.11 Å². The van der Waals surface area contributed by atoms with Gasteiger partial charge in [-0.3, -0.25) is 4.79 Å². The molecule has 3 rings (SSSR count). The quantitative estimate of drug-likeness (QED) is 0.701. The van der Waals surface area contributed by atoms with Crippen molar-refractivity contribution in [3.05, 3.63) is 59.7 Å². The molecule has 1 amide bonds. The molecule has 1 aliphatic heterocycles. The highest BCUT2D eigenvalue weighted by Crippen LogP contribution is 2.19. The van der Waals surface area contributed by atoms with Crippen molar-refractivity contribution in [3.63, 3.8) is 0 Å². The fraction of sp³-hybridized carbons (Fsp3) is 0.435. The standard InChI is InChI=1S/C23H30N2O3/c1-24(2)20-11-9-18(10-12-20)16-25(17-22-8-5-13-28-22)23(26)15-19-6-4-7-21(14-19)27-3/h4,6-7,9-12,14,22H,5,8,13,15-17H2,1-3H3/t22-/m0/s1. The summed E-state index contributed by atoms with van der Waals surface area (Å²) in [6.45, 7) is 2.02. The summed E-state index contributed by atoms with van der Waals surface area (Å²) in [6, 6.07) is 16.1. The number of rotatable bonds is 8. The molecule has 1 atom stereocenters. The first-order valence-corrected chi connectivity index (χ1v) is 9.83. The zero-order chi connectivity index (χ0) is 19.9. The lowest BCUT2D eigenvalue weighted by Gasteiger charge is -2.26. The van der Waals surface area contributed by atoms with Gasteiger partial charge in [0, 0.05) is 39.5 Å². The van der Waals surface area contributed by atoms with Gasteiger partial charge in [0.25, 0.3) is 0 Å². The fourth-order valence-corrected chi connectivity index (χ4v) is 3.48. The molecule has 2 aromatic rings. The Labute approximate surface area is 167 Å². The van der Waals surface area contributed by atoms with Gasteiger partial charge in [0.2, 0.25) is 5.91 Å². The number of ether oxygens (including phenoxy) is 2. The molecule has 0 spiro atoms. The van der Waals surface area contributed by atoms with E-state index in [2.05, 4.69) is 29.2 Å². The molecule has 0 radical (unpaired) electrons. The molecule has 0 aromatic heterocycles. The zero-order valence-electron chi connectivity index (χ0n) is 17.1. The number of methoxy groups -OCH3 is 1. The predicted octanol–water partition coefficient (Wildman–Crippen LogP) is 3.51. The molecule has 5 nitrogen and oxygen atoms in total. The van der Waals surface area contributed by atoms with Crippen LogP contribution in [-0.4, -0.2) is 51.3 Å². The Balaban J connectivity index is 1.72. The van der Waals surface area contributed by atoms with Gasteiger partial charge in [0.05, 0.1) is 19.6 Å². The second kappa shape index (κ2) is 9.60. The summed E-state index contributed by atoms with van der Waals surface area (Å²) in [4.78, 5) is 17.1. The average Bonchev–Trinajstić information content (AvgIpc) is 3.21. The van der Waals surface area contributed by atoms with Crippen LogP contribution in [0.3, 0.4) is 0 Å². The molecule has 0 unspecified atom stereocenters. The van der Waals surface area contributed by atoms with E-state index in [0.29, 0.717) is 19.5 Å². The van der Waals surface area contributed by atoms with Gasteiger partial charge in [-0.25, -0.2) is 0 Å². The van der Waals surface area contributed by atoms with E-state index in [0.717, 1.165) is 42.0 Å². The number of carbonyl (C=O) groups is 1. The molecule has 1 aliphatic rings. The maximum atomic E-state index is 13.1. The molecule has 1 saturated heterocycles. The van der Waals surface area contributed by atoms with Crippen LogP contribution in [0, 0.1) is 0 Å². The lowest BCUT2D eigenvalue weighted by Crippen LogP contribution is -2.37. The van der Waals surface area contributed by atoms with Gasteiger partial charge in [-0.15, -0.1) is 0 Å². The van der Waals surface area contributed by atoms with Gasteiger partial charge >= 0.3 is 0 Å². The molecule has 2 aromatic carbocycles. The van der Waals surface area contributed by atoms with E-state index in [1.165, 1.54) is 0 Å². The lowest BCUT2D eigenvalue weighted by molar-refractivity contribution is -0.132. The number of benzene rings is 2. The van der Waals surface area contributed by atoms with Crippen molar-refractivity contribution in [1.82, 2.24) is 4.90 Å². The highest BCUT2D eigenvalue weighted by atomic mass is 16.5. The van der Waals surface area contributed by atoms with Crippen molar-refractivity contribution in [1.29, 1.82) is 0 Å². The van der Waals surface area contributed by atoms with E-state index in [9.17, 15) is 4.79 Å². The highest BCUT2D eigenvalue weighted by Gasteiger charge is 2.23. The number of hydrogen-bond acceptors (Lipinski definition) is 4. The Morgan fingerprint density at radius 2 is 1.93 bits per heavy atom. The van der Waals surface area contributed by atoms with Crippen LogP contribution in [0.5, 0.6) is 5.75 Å². The largest absolute Gasteiger partial charge is 0.497 e. The van der Waals surface area contributed by atoms with Crippen molar-refractivity contribution in [3.8, 4) is 5.75 Å². The Hall–Kier alpha value is -2.53. The van der Waals surface area contributed by atoms with E-state index in [4.69, 9.17) is 9.47 Å². The first kappa shape index (κ1) is 20.2. The molecular formula is C23H30N2O3. The summed E-state index contributed by atoms with van der Waals surface area (Å²) < 4.78 is 11.1. The molecule has 5 heteroatoms. The summed E-state index contributed by atoms with van der Waals surface area (Å²) in [7, 11) is 5.69. The van der Waals surface area contributed by atoms with Gasteiger partial charge in [-0.05, 0) is 48.2 Å². The van der Waals surface area contributed by atoms with Gasteiger partial charge in [0.15, 0.2) is 0 Å². The molecule has 0 saturated carbocycles. The van der Waals surface area contributed by atoms with E-state index < -0.39 is 0 Å². The number of anilines is 1. The topological polar surface area (TPSA) is 42.0 Å². The molecule has 1 fully saturated rings. The molecular weight excluding hydrogens is 352 g/mol. The summed E-state index contributed by atoms with van der Waals surface area (Å²) in [5, 5.41) is 0. The maximum absolute atomic E-state index is 13.1. The molecule has 0 N–H and O–H groups in total. The molecule has 0 aliphatic carbocycles. The Morgan fingerprint density at radius 3 is 2.57 bits per heavy atom. The normalized spacial score (nSPS) is 16.0. The first-order valence-electron chi connectivity index (χ1n) is 9.83. The molecule has 150 valence electrons. The van der Waals surface area contributed by atoms with Crippen LogP contribution >= 0.6 is 0 Å². The van der Waals surface area contributed by atoms with Crippen molar-refractivity contribution >= 4 is 11.6 Å². The van der Waals surface area contributed by atoms with Crippen molar-refractivity contribution in [2.75, 3.05) is 39.3 Å². The van der Waals surface area contributed by atoms with Gasteiger partial charge in [0.1, 0.15) is 5.75 Å². The molecule has 0 bridgehead atoms. The minimum Gasteiger partial charge on any atom is -0.497 e. The number of amides is 1. The predicted molar refractivity (Wildman–Crippen MR) is 112 cm³/mol. The summed E-state index contributed by atoms with van der Waals surface area (Å²) in [6.07, 6.45) is 2.58. The summed E-state index contributed by atoms with van der Waals surface area (Å²) in [5.74, 6) is 0.885. The van der Waals surface area contributed by atoms with Crippen LogP contribution in [0.1, 0.15) is 24.0 Å². The minimum absolute atomic E-state index is 0.112. The Morgan fingerprint density at radius 1 is 1.14 bits per heavy atom. The number of carbonyl (C=O) groups excluding carboxylic acids is 1. The van der Waals surface area contributed by atoms with Gasteiger partial charge in [-0.1, -0.05) is 24.3 Å². The van der Waals surface area contributed by atoms with Crippen LogP contribution in [0.2, 0.25) is 0 Å². The summed E-state index contributed by atoms with van der Waals surface area (Å²) >= 11 is 0. The van der Waals surface area contributed by atoms with Crippen LogP contribution in [0.15, 0.2) is 48.5 Å². The maximum Gasteiger partial charge on any atom is 0.227 e.